The number of fused-ring (bicyclic) bond motifs is 1. The molecule has 140 valence electrons. The minimum atomic E-state index is -0.0926. The summed E-state index contributed by atoms with van der Waals surface area (Å²) < 4.78 is 0. The average molecular weight is 370 g/mol. The Kier molecular flexibility index (Phi) is 5.33. The standard InChI is InChI=1S/C23H22N4O/c28-23(25-13-11-19-16-26-21-9-5-4-8-20(19)21)18-10-12-24-22(14-18)27-15-17-6-2-1-3-7-17/h1-10,12,14,16,26H,11,13,15H2,(H,24,27)(H,25,28). The normalized spacial score (nSPS) is 10.7. The molecule has 5 heteroatoms. The Bertz CT molecular complexity index is 1070. The van der Waals surface area contributed by atoms with Gasteiger partial charge in [0.25, 0.3) is 5.91 Å². The van der Waals surface area contributed by atoms with Gasteiger partial charge < -0.3 is 15.6 Å². The number of benzene rings is 2. The van der Waals surface area contributed by atoms with Gasteiger partial charge in [-0.2, -0.15) is 0 Å². The molecule has 0 saturated carbocycles. The minimum Gasteiger partial charge on any atom is -0.366 e. The van der Waals surface area contributed by atoms with Crippen LogP contribution in [-0.4, -0.2) is 22.4 Å². The van der Waals surface area contributed by atoms with Gasteiger partial charge in [-0.05, 0) is 35.7 Å². The van der Waals surface area contributed by atoms with Gasteiger partial charge in [-0.15, -0.1) is 0 Å². The van der Waals surface area contributed by atoms with Crippen molar-refractivity contribution < 1.29 is 4.79 Å². The third-order valence-corrected chi connectivity index (χ3v) is 4.69. The molecule has 0 atom stereocenters. The molecule has 2 aromatic heterocycles. The van der Waals surface area contributed by atoms with Crippen LogP contribution in [0.4, 0.5) is 5.82 Å². The van der Waals surface area contributed by atoms with Crippen molar-refractivity contribution in [2.45, 2.75) is 13.0 Å². The first-order valence-corrected chi connectivity index (χ1v) is 9.36. The molecule has 0 fully saturated rings. The molecule has 0 aliphatic rings. The van der Waals surface area contributed by atoms with Crippen molar-refractivity contribution in [2.75, 3.05) is 11.9 Å². The summed E-state index contributed by atoms with van der Waals surface area (Å²) in [6.07, 6.45) is 4.44. The van der Waals surface area contributed by atoms with Crippen LogP contribution in [0, 0.1) is 0 Å². The van der Waals surface area contributed by atoms with Gasteiger partial charge in [0.05, 0.1) is 0 Å². The van der Waals surface area contributed by atoms with Gasteiger partial charge in [-0.3, -0.25) is 4.79 Å². The Hall–Kier alpha value is -3.60. The highest BCUT2D eigenvalue weighted by Gasteiger charge is 2.08. The number of nitrogens with one attached hydrogen (secondary N) is 3. The van der Waals surface area contributed by atoms with E-state index in [1.807, 2.05) is 48.7 Å². The molecule has 5 nitrogen and oxygen atoms in total. The topological polar surface area (TPSA) is 69.8 Å². The second-order valence-corrected chi connectivity index (χ2v) is 6.63. The van der Waals surface area contributed by atoms with Crippen molar-refractivity contribution in [1.82, 2.24) is 15.3 Å². The maximum Gasteiger partial charge on any atom is 0.251 e. The number of H-pyrrole nitrogens is 1. The van der Waals surface area contributed by atoms with Crippen LogP contribution in [0.5, 0.6) is 0 Å². The third kappa shape index (κ3) is 4.20. The number of pyridine rings is 1. The van der Waals surface area contributed by atoms with Crippen LogP contribution in [0.1, 0.15) is 21.5 Å². The van der Waals surface area contributed by atoms with Gasteiger partial charge in [-0.1, -0.05) is 48.5 Å². The second kappa shape index (κ2) is 8.39. The van der Waals surface area contributed by atoms with Crippen molar-refractivity contribution >= 4 is 22.6 Å². The summed E-state index contributed by atoms with van der Waals surface area (Å²) in [7, 11) is 0. The van der Waals surface area contributed by atoms with Crippen molar-refractivity contribution in [2.24, 2.45) is 0 Å². The molecule has 4 aromatic rings. The summed E-state index contributed by atoms with van der Waals surface area (Å²) in [6.45, 7) is 1.25. The first-order valence-electron chi connectivity index (χ1n) is 9.36. The Morgan fingerprint density at radius 1 is 1.00 bits per heavy atom. The lowest BCUT2D eigenvalue weighted by molar-refractivity contribution is 0.0954. The van der Waals surface area contributed by atoms with Crippen molar-refractivity contribution in [3.8, 4) is 0 Å². The summed E-state index contributed by atoms with van der Waals surface area (Å²) in [5.41, 5.74) is 4.09. The Labute approximate surface area is 163 Å². The largest absolute Gasteiger partial charge is 0.366 e. The average Bonchev–Trinajstić information content (AvgIpc) is 3.16. The number of carbonyl (C=O) groups excluding carboxylic acids is 1. The quantitative estimate of drug-likeness (QED) is 0.458. The number of hydrogen-bond donors (Lipinski definition) is 3. The molecule has 2 aromatic carbocycles. The number of aromatic nitrogens is 2. The maximum atomic E-state index is 12.5. The highest BCUT2D eigenvalue weighted by molar-refractivity contribution is 5.94. The molecule has 0 unspecified atom stereocenters. The van der Waals surface area contributed by atoms with E-state index in [2.05, 4.69) is 32.7 Å². The Balaban J connectivity index is 1.33. The molecule has 28 heavy (non-hydrogen) atoms. The fourth-order valence-corrected chi connectivity index (χ4v) is 3.21. The van der Waals surface area contributed by atoms with E-state index in [9.17, 15) is 4.79 Å². The van der Waals surface area contributed by atoms with E-state index in [4.69, 9.17) is 0 Å². The van der Waals surface area contributed by atoms with Crippen molar-refractivity contribution in [1.29, 1.82) is 0 Å². The van der Waals surface area contributed by atoms with Crippen molar-refractivity contribution in [3.05, 3.63) is 95.8 Å². The van der Waals surface area contributed by atoms with E-state index in [0.717, 1.165) is 17.5 Å². The van der Waals surface area contributed by atoms with Gasteiger partial charge in [0.15, 0.2) is 0 Å². The minimum absolute atomic E-state index is 0.0926. The monoisotopic (exact) mass is 370 g/mol. The predicted octanol–water partition coefficient (Wildman–Crippen LogP) is 4.15. The first-order chi connectivity index (χ1) is 13.8. The Morgan fingerprint density at radius 2 is 1.82 bits per heavy atom. The lowest BCUT2D eigenvalue weighted by Crippen LogP contribution is -2.25. The van der Waals surface area contributed by atoms with Gasteiger partial charge in [0.1, 0.15) is 5.82 Å². The summed E-state index contributed by atoms with van der Waals surface area (Å²) in [5, 5.41) is 7.46. The fraction of sp³-hybridized carbons (Fsp3) is 0.130. The first kappa shape index (κ1) is 17.8. The van der Waals surface area contributed by atoms with Crippen LogP contribution in [0.2, 0.25) is 0 Å². The van der Waals surface area contributed by atoms with Gasteiger partial charge in [0, 0.05) is 41.9 Å². The van der Waals surface area contributed by atoms with Gasteiger partial charge in [0.2, 0.25) is 0 Å². The Morgan fingerprint density at radius 3 is 2.71 bits per heavy atom. The summed E-state index contributed by atoms with van der Waals surface area (Å²) in [5.74, 6) is 0.595. The van der Waals surface area contributed by atoms with E-state index in [0.29, 0.717) is 24.5 Å². The predicted molar refractivity (Wildman–Crippen MR) is 112 cm³/mol. The molecular weight excluding hydrogens is 348 g/mol. The van der Waals surface area contributed by atoms with Crippen LogP contribution in [0.25, 0.3) is 10.9 Å². The third-order valence-electron chi connectivity index (χ3n) is 4.69. The molecule has 0 aliphatic heterocycles. The molecule has 0 saturated heterocycles. The zero-order valence-electron chi connectivity index (χ0n) is 15.5. The van der Waals surface area contributed by atoms with Crippen LogP contribution >= 0.6 is 0 Å². The molecule has 0 radical (unpaired) electrons. The van der Waals surface area contributed by atoms with Crippen molar-refractivity contribution in [3.63, 3.8) is 0 Å². The van der Waals surface area contributed by atoms with E-state index in [1.54, 1.807) is 18.3 Å². The number of rotatable bonds is 7. The van der Waals surface area contributed by atoms with Crippen LogP contribution in [-0.2, 0) is 13.0 Å². The van der Waals surface area contributed by atoms with Crippen LogP contribution < -0.4 is 10.6 Å². The summed E-state index contributed by atoms with van der Waals surface area (Å²) in [6, 6.07) is 21.8. The SMILES string of the molecule is O=C(NCCc1c[nH]c2ccccc12)c1ccnc(NCc2ccccc2)c1. The number of para-hydroxylation sites is 1. The zero-order chi connectivity index (χ0) is 19.2. The number of nitrogens with zero attached hydrogens (tertiary/aromatic N) is 1. The highest BCUT2D eigenvalue weighted by atomic mass is 16.1. The smallest absolute Gasteiger partial charge is 0.251 e. The van der Waals surface area contributed by atoms with Crippen LogP contribution in [0.3, 0.4) is 0 Å². The van der Waals surface area contributed by atoms with Crippen LogP contribution in [0.15, 0.2) is 79.1 Å². The lowest BCUT2D eigenvalue weighted by Gasteiger charge is -2.08. The number of hydrogen-bond acceptors (Lipinski definition) is 3. The second-order valence-electron chi connectivity index (χ2n) is 6.63. The molecule has 1 amide bonds. The molecule has 0 spiro atoms. The zero-order valence-corrected chi connectivity index (χ0v) is 15.5. The molecule has 0 aliphatic carbocycles. The molecular formula is C23H22N4O. The summed E-state index contributed by atoms with van der Waals surface area (Å²) in [4.78, 5) is 20.0. The number of anilines is 1. The number of amides is 1. The lowest BCUT2D eigenvalue weighted by atomic mass is 10.1. The van der Waals surface area contributed by atoms with E-state index in [-0.39, 0.29) is 5.91 Å². The molecule has 3 N–H and O–H groups in total. The molecule has 2 heterocycles. The highest BCUT2D eigenvalue weighted by Crippen LogP contribution is 2.17. The van der Waals surface area contributed by atoms with Gasteiger partial charge >= 0.3 is 0 Å². The summed E-state index contributed by atoms with van der Waals surface area (Å²) >= 11 is 0. The fourth-order valence-electron chi connectivity index (χ4n) is 3.21. The maximum absolute atomic E-state index is 12.5. The van der Waals surface area contributed by atoms with Gasteiger partial charge in [-0.25, -0.2) is 4.98 Å². The number of carbonyl (C=O) groups is 1. The van der Waals surface area contributed by atoms with E-state index < -0.39 is 0 Å². The van der Waals surface area contributed by atoms with E-state index in [1.165, 1.54) is 10.9 Å². The number of aromatic amines is 1. The molecule has 0 bridgehead atoms. The molecule has 4 rings (SSSR count). The van der Waals surface area contributed by atoms with E-state index >= 15 is 0 Å².